The van der Waals surface area contributed by atoms with Crippen LogP contribution in [-0.2, 0) is 9.59 Å². The third kappa shape index (κ3) is 3.60. The molecule has 0 radical (unpaired) electrons. The third-order valence-corrected chi connectivity index (χ3v) is 4.31. The number of rotatable bonds is 4. The Morgan fingerprint density at radius 2 is 2.00 bits per heavy atom. The van der Waals surface area contributed by atoms with E-state index in [9.17, 15) is 14.7 Å². The van der Waals surface area contributed by atoms with E-state index in [1.165, 1.54) is 11.0 Å². The Hall–Kier alpha value is -2.73. The number of amides is 2. The first-order chi connectivity index (χ1) is 12.3. The van der Waals surface area contributed by atoms with Crippen molar-refractivity contribution in [2.45, 2.75) is 25.9 Å². The van der Waals surface area contributed by atoms with Crippen molar-refractivity contribution in [3.63, 3.8) is 0 Å². The molecule has 1 aliphatic heterocycles. The summed E-state index contributed by atoms with van der Waals surface area (Å²) in [7, 11) is 0. The predicted octanol–water partition coefficient (Wildman–Crippen LogP) is 3.58. The molecule has 0 unspecified atom stereocenters. The van der Waals surface area contributed by atoms with Gasteiger partial charge in [0.1, 0.15) is 11.5 Å². The highest BCUT2D eigenvalue weighted by Gasteiger charge is 2.40. The van der Waals surface area contributed by atoms with Crippen LogP contribution in [0.5, 0.6) is 11.5 Å². The first kappa shape index (κ1) is 18.1. The zero-order valence-electron chi connectivity index (χ0n) is 14.5. The molecule has 0 aromatic heterocycles. The van der Waals surface area contributed by atoms with Gasteiger partial charge in [-0.25, -0.2) is 0 Å². The van der Waals surface area contributed by atoms with E-state index < -0.39 is 5.60 Å². The van der Waals surface area contributed by atoms with Crippen LogP contribution in [0.2, 0.25) is 5.02 Å². The molecule has 2 aromatic carbocycles. The minimum atomic E-state index is -1.03. The van der Waals surface area contributed by atoms with Crippen LogP contribution in [0.3, 0.4) is 0 Å². The molecule has 0 saturated carbocycles. The fourth-order valence-corrected chi connectivity index (χ4v) is 2.93. The smallest absolute Gasteiger partial charge is 0.270 e. The minimum absolute atomic E-state index is 0.0124. The number of ether oxygens (including phenoxy) is 1. The number of anilines is 2. The van der Waals surface area contributed by atoms with Crippen LogP contribution in [0.1, 0.15) is 20.3 Å². The van der Waals surface area contributed by atoms with E-state index in [0.29, 0.717) is 22.1 Å². The maximum atomic E-state index is 12.7. The number of fused-ring (bicyclic) bond motifs is 1. The van der Waals surface area contributed by atoms with Gasteiger partial charge >= 0.3 is 0 Å². The molecule has 136 valence electrons. The molecule has 2 aromatic rings. The van der Waals surface area contributed by atoms with Gasteiger partial charge in [-0.3, -0.25) is 9.59 Å². The van der Waals surface area contributed by atoms with E-state index in [1.54, 1.807) is 50.2 Å². The number of hydrogen-bond acceptors (Lipinski definition) is 4. The first-order valence-electron chi connectivity index (χ1n) is 8.16. The molecule has 3 rings (SSSR count). The second-order valence-corrected chi connectivity index (χ2v) is 6.93. The number of carbonyl (C=O) groups excluding carboxylic acids is 2. The van der Waals surface area contributed by atoms with Crippen molar-refractivity contribution < 1.29 is 19.4 Å². The average molecular weight is 375 g/mol. The highest BCUT2D eigenvalue weighted by atomic mass is 35.5. The quantitative estimate of drug-likeness (QED) is 0.802. The van der Waals surface area contributed by atoms with Crippen molar-refractivity contribution in [3.8, 4) is 11.5 Å². The molecule has 2 amide bonds. The number of aromatic hydroxyl groups is 1. The zero-order valence-corrected chi connectivity index (χ0v) is 15.2. The third-order valence-electron chi connectivity index (χ3n) is 4.08. The lowest BCUT2D eigenvalue weighted by atomic mass is 10.0. The molecule has 0 atom stereocenters. The molecule has 2 N–H and O–H groups in total. The van der Waals surface area contributed by atoms with Crippen molar-refractivity contribution in [3.05, 3.63) is 47.5 Å². The summed E-state index contributed by atoms with van der Waals surface area (Å²) >= 11 is 6.05. The predicted molar refractivity (Wildman–Crippen MR) is 99.9 cm³/mol. The summed E-state index contributed by atoms with van der Waals surface area (Å²) in [5.74, 6) is -0.0310. The Balaban J connectivity index is 1.76. The van der Waals surface area contributed by atoms with Crippen LogP contribution in [0.15, 0.2) is 42.5 Å². The van der Waals surface area contributed by atoms with Gasteiger partial charge in [-0.15, -0.1) is 0 Å². The van der Waals surface area contributed by atoms with E-state index in [4.69, 9.17) is 16.3 Å². The Kier molecular flexibility index (Phi) is 4.78. The molecule has 0 aliphatic carbocycles. The van der Waals surface area contributed by atoms with Gasteiger partial charge in [-0.1, -0.05) is 23.7 Å². The number of phenolic OH excluding ortho intramolecular Hbond substituents is 1. The summed E-state index contributed by atoms with van der Waals surface area (Å²) in [4.78, 5) is 26.5. The maximum Gasteiger partial charge on any atom is 0.270 e. The van der Waals surface area contributed by atoms with E-state index in [0.717, 1.165) is 0 Å². The number of carbonyl (C=O) groups is 2. The van der Waals surface area contributed by atoms with Crippen LogP contribution in [0, 0.1) is 0 Å². The molecule has 1 heterocycles. The lowest BCUT2D eigenvalue weighted by Gasteiger charge is -2.38. The van der Waals surface area contributed by atoms with Crippen LogP contribution in [-0.4, -0.2) is 29.1 Å². The summed E-state index contributed by atoms with van der Waals surface area (Å²) in [6, 6.07) is 11.5. The number of phenols is 1. The zero-order chi connectivity index (χ0) is 18.9. The fraction of sp³-hybridized carbons (Fsp3) is 0.263. The van der Waals surface area contributed by atoms with E-state index in [1.807, 2.05) is 0 Å². The highest BCUT2D eigenvalue weighted by Crippen LogP contribution is 2.39. The van der Waals surface area contributed by atoms with Crippen LogP contribution in [0.4, 0.5) is 11.4 Å². The molecule has 0 spiro atoms. The summed E-state index contributed by atoms with van der Waals surface area (Å²) in [5.41, 5.74) is -0.165. The molecule has 0 fully saturated rings. The van der Waals surface area contributed by atoms with Crippen molar-refractivity contribution in [2.75, 3.05) is 16.8 Å². The van der Waals surface area contributed by atoms with Gasteiger partial charge in [0.2, 0.25) is 5.91 Å². The van der Waals surface area contributed by atoms with Gasteiger partial charge in [0.25, 0.3) is 5.91 Å². The lowest BCUT2D eigenvalue weighted by Crippen LogP contribution is -2.53. The van der Waals surface area contributed by atoms with E-state index >= 15 is 0 Å². The summed E-state index contributed by atoms with van der Waals surface area (Å²) in [5, 5.41) is 12.8. The molecule has 7 heteroatoms. The lowest BCUT2D eigenvalue weighted by molar-refractivity contribution is -0.132. The monoisotopic (exact) mass is 374 g/mol. The standard InChI is InChI=1S/C19H19ClN2O4/c1-19(2)18(25)22(14-11-12(20)7-8-16(14)26-19)10-9-17(24)21-13-5-3-4-6-15(13)23/h3-8,11,23H,9-10H2,1-2H3,(H,21,24). The van der Waals surface area contributed by atoms with E-state index in [2.05, 4.69) is 5.32 Å². The van der Waals surface area contributed by atoms with Gasteiger partial charge in [0.05, 0.1) is 11.4 Å². The van der Waals surface area contributed by atoms with Gasteiger partial charge in [0.15, 0.2) is 5.60 Å². The molecule has 0 bridgehead atoms. The topological polar surface area (TPSA) is 78.9 Å². The summed E-state index contributed by atoms with van der Waals surface area (Å²) < 4.78 is 5.75. The van der Waals surface area contributed by atoms with Crippen molar-refractivity contribution >= 4 is 34.8 Å². The van der Waals surface area contributed by atoms with Gasteiger partial charge < -0.3 is 20.1 Å². The number of hydrogen-bond donors (Lipinski definition) is 2. The highest BCUT2D eigenvalue weighted by molar-refractivity contribution is 6.31. The molecule has 0 saturated heterocycles. The fourth-order valence-electron chi connectivity index (χ4n) is 2.77. The average Bonchev–Trinajstić information content (AvgIpc) is 2.58. The van der Waals surface area contributed by atoms with Crippen LogP contribution in [0.25, 0.3) is 0 Å². The van der Waals surface area contributed by atoms with Crippen LogP contribution >= 0.6 is 11.6 Å². The van der Waals surface area contributed by atoms with Crippen molar-refractivity contribution in [1.29, 1.82) is 0 Å². The van der Waals surface area contributed by atoms with Gasteiger partial charge in [0, 0.05) is 18.0 Å². The number of nitrogens with one attached hydrogen (secondary N) is 1. The normalized spacial score (nSPS) is 15.2. The molecular weight excluding hydrogens is 356 g/mol. The Morgan fingerprint density at radius 3 is 2.73 bits per heavy atom. The van der Waals surface area contributed by atoms with Gasteiger partial charge in [-0.05, 0) is 44.2 Å². The second kappa shape index (κ2) is 6.88. The largest absolute Gasteiger partial charge is 0.506 e. The number of benzene rings is 2. The van der Waals surface area contributed by atoms with Crippen molar-refractivity contribution in [1.82, 2.24) is 0 Å². The maximum absolute atomic E-state index is 12.7. The molecule has 1 aliphatic rings. The molecule has 6 nitrogen and oxygen atoms in total. The SMILES string of the molecule is CC1(C)Oc2ccc(Cl)cc2N(CCC(=O)Nc2ccccc2O)C1=O. The number of nitrogens with zero attached hydrogens (tertiary/aromatic N) is 1. The minimum Gasteiger partial charge on any atom is -0.506 e. The van der Waals surface area contributed by atoms with Crippen LogP contribution < -0.4 is 15.0 Å². The Bertz CT molecular complexity index is 866. The summed E-state index contributed by atoms with van der Waals surface area (Å²) in [6.45, 7) is 3.53. The van der Waals surface area contributed by atoms with E-state index in [-0.39, 0.29) is 30.5 Å². The summed E-state index contributed by atoms with van der Waals surface area (Å²) in [6.07, 6.45) is 0.0576. The number of halogens is 1. The van der Waals surface area contributed by atoms with Gasteiger partial charge in [-0.2, -0.15) is 0 Å². The Labute approximate surface area is 156 Å². The van der Waals surface area contributed by atoms with Crippen molar-refractivity contribution in [2.24, 2.45) is 0 Å². The number of para-hydroxylation sites is 2. The molecular formula is C19H19ClN2O4. The Morgan fingerprint density at radius 1 is 1.27 bits per heavy atom. The second-order valence-electron chi connectivity index (χ2n) is 6.50. The molecule has 26 heavy (non-hydrogen) atoms. The first-order valence-corrected chi connectivity index (χ1v) is 8.54.